The molecule has 5 rings (SSSR count). The fourth-order valence-electron chi connectivity index (χ4n) is 3.59. The van der Waals surface area contributed by atoms with Gasteiger partial charge in [0.25, 0.3) is 5.91 Å². The summed E-state index contributed by atoms with van der Waals surface area (Å²) in [4.78, 5) is 24.5. The highest BCUT2D eigenvalue weighted by Crippen LogP contribution is 2.30. The second kappa shape index (κ2) is 8.45. The molecule has 8 heteroatoms. The number of carbonyl (C=O) groups is 1. The van der Waals surface area contributed by atoms with Gasteiger partial charge in [0.1, 0.15) is 9.88 Å². The van der Waals surface area contributed by atoms with Crippen molar-refractivity contribution < 1.29 is 4.79 Å². The molecule has 3 aliphatic rings. The second-order valence-electron chi connectivity index (χ2n) is 6.39. The summed E-state index contributed by atoms with van der Waals surface area (Å²) in [5.74, 6) is 0.663. The van der Waals surface area contributed by atoms with Crippen LogP contribution in [0.4, 0.5) is 0 Å². The Morgan fingerprint density at radius 1 is 1.24 bits per heavy atom. The number of thiazole rings is 1. The van der Waals surface area contributed by atoms with Crippen LogP contribution in [0.5, 0.6) is 0 Å². The molecule has 3 fully saturated rings. The molecule has 3 aliphatic heterocycles. The van der Waals surface area contributed by atoms with Crippen molar-refractivity contribution in [2.75, 3.05) is 19.6 Å². The number of pyridine rings is 1. The van der Waals surface area contributed by atoms with E-state index in [1.807, 2.05) is 19.1 Å². The number of piperidine rings is 3. The average molecular weight is 401 g/mol. The Labute approximate surface area is 164 Å². The minimum absolute atomic E-state index is 0. The van der Waals surface area contributed by atoms with Crippen molar-refractivity contribution in [1.82, 2.24) is 20.2 Å². The lowest BCUT2D eigenvalue weighted by Crippen LogP contribution is -2.57. The Morgan fingerprint density at radius 3 is 2.52 bits per heavy atom. The monoisotopic (exact) mass is 400 g/mol. The van der Waals surface area contributed by atoms with Crippen LogP contribution in [0.15, 0.2) is 24.5 Å². The van der Waals surface area contributed by atoms with E-state index in [-0.39, 0.29) is 36.8 Å². The highest BCUT2D eigenvalue weighted by Gasteiger charge is 2.35. The first kappa shape index (κ1) is 20.1. The van der Waals surface area contributed by atoms with Crippen molar-refractivity contribution in [2.24, 2.45) is 5.92 Å². The maximum atomic E-state index is 12.7. The highest BCUT2D eigenvalue weighted by molar-refractivity contribution is 7.17. The van der Waals surface area contributed by atoms with Gasteiger partial charge in [-0.2, -0.15) is 0 Å². The van der Waals surface area contributed by atoms with E-state index in [1.54, 1.807) is 12.4 Å². The first-order valence-electron chi connectivity index (χ1n) is 8.12. The maximum Gasteiger partial charge on any atom is 0.263 e. The second-order valence-corrected chi connectivity index (χ2v) is 7.39. The lowest BCUT2D eigenvalue weighted by atomic mass is 9.84. The van der Waals surface area contributed by atoms with Gasteiger partial charge in [-0.1, -0.05) is 0 Å². The summed E-state index contributed by atoms with van der Waals surface area (Å²) in [6.07, 6.45) is 5.90. The third-order valence-corrected chi connectivity index (χ3v) is 6.11. The Hall–Kier alpha value is -1.21. The number of rotatable bonds is 3. The summed E-state index contributed by atoms with van der Waals surface area (Å²) in [5.41, 5.74) is 1.82. The van der Waals surface area contributed by atoms with Crippen molar-refractivity contribution in [1.29, 1.82) is 0 Å². The highest BCUT2D eigenvalue weighted by atomic mass is 35.5. The Bertz CT molecular complexity index is 717. The smallest absolute Gasteiger partial charge is 0.263 e. The third kappa shape index (κ3) is 4.14. The Morgan fingerprint density at radius 2 is 1.92 bits per heavy atom. The van der Waals surface area contributed by atoms with Crippen LogP contribution in [0.25, 0.3) is 10.6 Å². The molecule has 0 radical (unpaired) electrons. The number of fused-ring (bicyclic) bond motifs is 3. The van der Waals surface area contributed by atoms with Gasteiger partial charge in [0.15, 0.2) is 0 Å². The number of hydrogen-bond donors (Lipinski definition) is 1. The van der Waals surface area contributed by atoms with Crippen LogP contribution in [0.1, 0.15) is 28.2 Å². The average Bonchev–Trinajstić information content (AvgIpc) is 2.99. The molecule has 2 aromatic heterocycles. The van der Waals surface area contributed by atoms with E-state index in [4.69, 9.17) is 0 Å². The summed E-state index contributed by atoms with van der Waals surface area (Å²) in [7, 11) is 0. The number of hydrogen-bond acceptors (Lipinski definition) is 5. The zero-order valence-corrected chi connectivity index (χ0v) is 16.4. The molecular weight excluding hydrogens is 379 g/mol. The lowest BCUT2D eigenvalue weighted by molar-refractivity contribution is 0.0622. The molecule has 3 saturated heterocycles. The fourth-order valence-corrected chi connectivity index (χ4v) is 4.56. The molecule has 25 heavy (non-hydrogen) atoms. The third-order valence-electron chi connectivity index (χ3n) is 4.90. The molecule has 0 saturated carbocycles. The molecular formula is C17H22Cl2N4OS. The van der Waals surface area contributed by atoms with Gasteiger partial charge in [0.05, 0.1) is 5.69 Å². The quantitative estimate of drug-likeness (QED) is 0.859. The van der Waals surface area contributed by atoms with Crippen molar-refractivity contribution in [2.45, 2.75) is 25.8 Å². The molecule has 2 aromatic rings. The van der Waals surface area contributed by atoms with Gasteiger partial charge in [0.2, 0.25) is 0 Å². The topological polar surface area (TPSA) is 58.1 Å². The first-order chi connectivity index (χ1) is 11.2. The van der Waals surface area contributed by atoms with E-state index in [9.17, 15) is 4.79 Å². The van der Waals surface area contributed by atoms with Crippen LogP contribution in [-0.2, 0) is 0 Å². The molecule has 136 valence electrons. The van der Waals surface area contributed by atoms with E-state index >= 15 is 0 Å². The maximum absolute atomic E-state index is 12.7. The van der Waals surface area contributed by atoms with Crippen LogP contribution in [0.3, 0.4) is 0 Å². The van der Waals surface area contributed by atoms with Gasteiger partial charge in [-0.3, -0.25) is 9.78 Å². The molecule has 2 bridgehead atoms. The normalized spacial score (nSPS) is 24.1. The molecule has 1 atom stereocenters. The minimum Gasteiger partial charge on any atom is -0.347 e. The minimum atomic E-state index is 0. The summed E-state index contributed by atoms with van der Waals surface area (Å²) in [5, 5.41) is 4.13. The number of aromatic nitrogens is 2. The number of nitrogens with zero attached hydrogens (tertiary/aromatic N) is 3. The molecule has 5 heterocycles. The predicted octanol–water partition coefficient (Wildman–Crippen LogP) is 3.18. The summed E-state index contributed by atoms with van der Waals surface area (Å²) in [6, 6.07) is 4.14. The number of amides is 1. The summed E-state index contributed by atoms with van der Waals surface area (Å²) < 4.78 is 0. The van der Waals surface area contributed by atoms with Gasteiger partial charge in [0, 0.05) is 30.5 Å². The first-order valence-corrected chi connectivity index (χ1v) is 8.93. The number of nitrogens with one attached hydrogen (secondary N) is 1. The fraction of sp³-hybridized carbons (Fsp3) is 0.471. The Balaban J connectivity index is 0.00000113. The standard InChI is InChI=1S/C17H20N4OS.2ClH/c1-11-15(23-17(19-11)13-2-6-18-7-3-13)16(22)20-14-10-21-8-4-12(14)5-9-21;;/h2-3,6-7,12,14H,4-5,8-10H2,1H3,(H,20,22);2*1H/t14-;;/m0../s1. The van der Waals surface area contributed by atoms with Crippen LogP contribution >= 0.6 is 36.2 Å². The van der Waals surface area contributed by atoms with Gasteiger partial charge in [-0.25, -0.2) is 4.98 Å². The van der Waals surface area contributed by atoms with Crippen LogP contribution in [0.2, 0.25) is 0 Å². The molecule has 1 N–H and O–H groups in total. The van der Waals surface area contributed by atoms with Crippen molar-refractivity contribution in [3.05, 3.63) is 35.1 Å². The van der Waals surface area contributed by atoms with E-state index in [0.717, 1.165) is 27.7 Å². The van der Waals surface area contributed by atoms with Gasteiger partial charge in [-0.05, 0) is 50.9 Å². The zero-order chi connectivity index (χ0) is 15.8. The van der Waals surface area contributed by atoms with E-state index < -0.39 is 0 Å². The van der Waals surface area contributed by atoms with Gasteiger partial charge < -0.3 is 10.2 Å². The largest absolute Gasteiger partial charge is 0.347 e. The SMILES string of the molecule is Cc1nc(-c2ccncc2)sc1C(=O)N[C@H]1CN2CCC1CC2.Cl.Cl. The number of carbonyl (C=O) groups excluding carboxylic acids is 1. The lowest BCUT2D eigenvalue weighted by Gasteiger charge is -2.44. The van der Waals surface area contributed by atoms with E-state index in [2.05, 4.69) is 20.2 Å². The van der Waals surface area contributed by atoms with Gasteiger partial charge in [-0.15, -0.1) is 36.2 Å². The molecule has 0 spiro atoms. The van der Waals surface area contributed by atoms with E-state index in [0.29, 0.717) is 5.92 Å². The number of aryl methyl sites for hydroxylation is 1. The van der Waals surface area contributed by atoms with Crippen molar-refractivity contribution in [3.63, 3.8) is 0 Å². The zero-order valence-electron chi connectivity index (χ0n) is 14.0. The molecule has 0 aliphatic carbocycles. The van der Waals surface area contributed by atoms with Gasteiger partial charge >= 0.3 is 0 Å². The van der Waals surface area contributed by atoms with Crippen LogP contribution < -0.4 is 5.32 Å². The van der Waals surface area contributed by atoms with Crippen molar-refractivity contribution >= 4 is 42.1 Å². The number of halogens is 2. The van der Waals surface area contributed by atoms with Crippen LogP contribution in [-0.4, -0.2) is 46.5 Å². The summed E-state index contributed by atoms with van der Waals surface area (Å²) >= 11 is 1.46. The molecule has 1 amide bonds. The molecule has 0 aromatic carbocycles. The molecule has 0 unspecified atom stereocenters. The molecule has 5 nitrogen and oxygen atoms in total. The van der Waals surface area contributed by atoms with Crippen LogP contribution in [0, 0.1) is 12.8 Å². The Kier molecular flexibility index (Phi) is 6.79. The van der Waals surface area contributed by atoms with Crippen molar-refractivity contribution in [3.8, 4) is 10.6 Å². The van der Waals surface area contributed by atoms with E-state index in [1.165, 1.54) is 37.3 Å². The predicted molar refractivity (Wildman–Crippen MR) is 105 cm³/mol. The summed E-state index contributed by atoms with van der Waals surface area (Å²) in [6.45, 7) is 5.27.